The van der Waals surface area contributed by atoms with Crippen LogP contribution in [0.2, 0.25) is 0 Å². The van der Waals surface area contributed by atoms with Crippen molar-refractivity contribution in [1.82, 2.24) is 40.2 Å². The van der Waals surface area contributed by atoms with E-state index in [9.17, 15) is 9.18 Å². The van der Waals surface area contributed by atoms with Gasteiger partial charge in [0.05, 0.1) is 17.8 Å². The molecule has 36 heavy (non-hydrogen) atoms. The highest BCUT2D eigenvalue weighted by molar-refractivity contribution is 5.86. The standard InChI is InChI=1S/C24H27FN10O/c1-4-24(22(36)27-10-17-5-6-21(26-9-17)35-12-18(25)11-28-35)13-34(14-24)23-29-15(2)7-19(31-23)30-20-8-16(3)32-33-20/h5-9,11-12H,4,10,13-14H2,1-3H3,(H,27,36)(H2,29,30,31,32,33). The molecule has 0 saturated carbocycles. The maximum Gasteiger partial charge on any atom is 0.230 e. The van der Waals surface area contributed by atoms with Gasteiger partial charge in [0.25, 0.3) is 0 Å². The molecule has 3 N–H and O–H groups in total. The first-order valence-corrected chi connectivity index (χ1v) is 11.7. The molecular weight excluding hydrogens is 463 g/mol. The molecule has 0 aliphatic carbocycles. The van der Waals surface area contributed by atoms with E-state index >= 15 is 0 Å². The van der Waals surface area contributed by atoms with Crippen LogP contribution in [0.15, 0.2) is 42.9 Å². The zero-order valence-corrected chi connectivity index (χ0v) is 20.3. The summed E-state index contributed by atoms with van der Waals surface area (Å²) in [6.45, 7) is 7.26. The van der Waals surface area contributed by atoms with Gasteiger partial charge in [0, 0.05) is 49.4 Å². The third kappa shape index (κ3) is 4.74. The first kappa shape index (κ1) is 23.4. The molecule has 5 heterocycles. The van der Waals surface area contributed by atoms with Gasteiger partial charge in [-0.3, -0.25) is 9.89 Å². The number of anilines is 3. The Hall–Kier alpha value is -4.35. The molecule has 1 aliphatic heterocycles. The van der Waals surface area contributed by atoms with Gasteiger partial charge in [-0.15, -0.1) is 0 Å². The Labute approximate surface area is 207 Å². The van der Waals surface area contributed by atoms with E-state index in [4.69, 9.17) is 0 Å². The molecule has 1 amide bonds. The molecule has 0 atom stereocenters. The van der Waals surface area contributed by atoms with Crippen molar-refractivity contribution in [3.8, 4) is 5.82 Å². The number of aromatic nitrogens is 7. The topological polar surface area (TPSA) is 130 Å². The van der Waals surface area contributed by atoms with Gasteiger partial charge < -0.3 is 15.5 Å². The zero-order chi connectivity index (χ0) is 25.3. The van der Waals surface area contributed by atoms with Gasteiger partial charge in [-0.05, 0) is 31.9 Å². The summed E-state index contributed by atoms with van der Waals surface area (Å²) in [5.74, 6) is 1.97. The molecule has 5 rings (SSSR count). The van der Waals surface area contributed by atoms with Crippen molar-refractivity contribution >= 4 is 23.5 Å². The molecule has 0 unspecified atom stereocenters. The number of pyridine rings is 1. The molecule has 12 heteroatoms. The fourth-order valence-corrected chi connectivity index (χ4v) is 4.18. The number of aryl methyl sites for hydroxylation is 2. The summed E-state index contributed by atoms with van der Waals surface area (Å²) in [4.78, 5) is 28.6. The van der Waals surface area contributed by atoms with E-state index < -0.39 is 11.2 Å². The summed E-state index contributed by atoms with van der Waals surface area (Å²) in [5.41, 5.74) is 2.10. The van der Waals surface area contributed by atoms with Gasteiger partial charge in [-0.1, -0.05) is 13.0 Å². The Morgan fingerprint density at radius 2 is 2.00 bits per heavy atom. The van der Waals surface area contributed by atoms with Crippen molar-refractivity contribution in [2.45, 2.75) is 33.7 Å². The molecule has 4 aromatic rings. The smallest absolute Gasteiger partial charge is 0.230 e. The van der Waals surface area contributed by atoms with Crippen LogP contribution < -0.4 is 15.5 Å². The second-order valence-corrected chi connectivity index (χ2v) is 9.06. The third-order valence-electron chi connectivity index (χ3n) is 6.28. The van der Waals surface area contributed by atoms with Crippen molar-refractivity contribution in [2.24, 2.45) is 5.41 Å². The number of nitrogens with zero attached hydrogens (tertiary/aromatic N) is 7. The lowest BCUT2D eigenvalue weighted by molar-refractivity contribution is -0.133. The molecule has 0 aromatic carbocycles. The second-order valence-electron chi connectivity index (χ2n) is 9.06. The Morgan fingerprint density at radius 1 is 1.17 bits per heavy atom. The Bertz CT molecular complexity index is 1370. The Kier molecular flexibility index (Phi) is 6.08. The lowest BCUT2D eigenvalue weighted by Gasteiger charge is -2.48. The van der Waals surface area contributed by atoms with Crippen molar-refractivity contribution in [3.05, 3.63) is 65.6 Å². The molecule has 1 saturated heterocycles. The lowest BCUT2D eigenvalue weighted by atomic mass is 9.76. The van der Waals surface area contributed by atoms with Crippen molar-refractivity contribution < 1.29 is 9.18 Å². The van der Waals surface area contributed by atoms with Crippen LogP contribution in [-0.4, -0.2) is 53.9 Å². The van der Waals surface area contributed by atoms with Gasteiger partial charge in [0.2, 0.25) is 11.9 Å². The van der Waals surface area contributed by atoms with Crippen LogP contribution in [0.3, 0.4) is 0 Å². The fraction of sp³-hybridized carbons (Fsp3) is 0.333. The van der Waals surface area contributed by atoms with Gasteiger partial charge in [0.1, 0.15) is 5.82 Å². The molecule has 0 spiro atoms. The highest BCUT2D eigenvalue weighted by atomic mass is 19.1. The van der Waals surface area contributed by atoms with E-state index in [2.05, 4.69) is 40.9 Å². The molecule has 186 valence electrons. The highest BCUT2D eigenvalue weighted by Gasteiger charge is 2.48. The number of H-pyrrole nitrogens is 1. The van der Waals surface area contributed by atoms with E-state index in [-0.39, 0.29) is 5.91 Å². The summed E-state index contributed by atoms with van der Waals surface area (Å²) >= 11 is 0. The van der Waals surface area contributed by atoms with Crippen molar-refractivity contribution in [1.29, 1.82) is 0 Å². The largest absolute Gasteiger partial charge is 0.351 e. The summed E-state index contributed by atoms with van der Waals surface area (Å²) in [6, 6.07) is 7.33. The lowest BCUT2D eigenvalue weighted by Crippen LogP contribution is -2.63. The summed E-state index contributed by atoms with van der Waals surface area (Å²) < 4.78 is 14.5. The van der Waals surface area contributed by atoms with Crippen molar-refractivity contribution in [2.75, 3.05) is 23.3 Å². The Morgan fingerprint density at radius 3 is 2.64 bits per heavy atom. The summed E-state index contributed by atoms with van der Waals surface area (Å²) in [6.07, 6.45) is 4.73. The molecular formula is C24H27FN10O. The average molecular weight is 491 g/mol. The zero-order valence-electron chi connectivity index (χ0n) is 20.3. The number of carbonyl (C=O) groups excluding carboxylic acids is 1. The van der Waals surface area contributed by atoms with Gasteiger partial charge in [-0.2, -0.15) is 15.2 Å². The minimum absolute atomic E-state index is 0.0162. The first-order chi connectivity index (χ1) is 17.3. The summed E-state index contributed by atoms with van der Waals surface area (Å²) in [5, 5.41) is 17.2. The number of nitrogens with one attached hydrogen (secondary N) is 3. The normalized spacial score (nSPS) is 14.4. The fourth-order valence-electron chi connectivity index (χ4n) is 4.18. The number of halogens is 1. The highest BCUT2D eigenvalue weighted by Crippen LogP contribution is 2.37. The van der Waals surface area contributed by atoms with Crippen LogP contribution in [0.1, 0.15) is 30.3 Å². The number of hydrogen-bond donors (Lipinski definition) is 3. The number of amides is 1. The Balaban J connectivity index is 1.20. The quantitative estimate of drug-likeness (QED) is 0.344. The molecule has 1 aliphatic rings. The van der Waals surface area contributed by atoms with E-state index in [0.29, 0.717) is 49.5 Å². The van der Waals surface area contributed by atoms with Crippen LogP contribution in [0, 0.1) is 25.1 Å². The van der Waals surface area contributed by atoms with Crippen molar-refractivity contribution in [3.63, 3.8) is 0 Å². The minimum Gasteiger partial charge on any atom is -0.351 e. The average Bonchev–Trinajstić information content (AvgIpc) is 3.45. The molecule has 4 aromatic heterocycles. The number of aromatic amines is 1. The number of rotatable bonds is 8. The van der Waals surface area contributed by atoms with E-state index in [1.54, 1.807) is 12.3 Å². The van der Waals surface area contributed by atoms with Gasteiger partial charge in [0.15, 0.2) is 17.5 Å². The summed E-state index contributed by atoms with van der Waals surface area (Å²) in [7, 11) is 0. The molecule has 11 nitrogen and oxygen atoms in total. The monoisotopic (exact) mass is 490 g/mol. The maximum atomic E-state index is 13.2. The minimum atomic E-state index is -0.514. The first-order valence-electron chi connectivity index (χ1n) is 11.7. The van der Waals surface area contributed by atoms with Crippen LogP contribution in [0.25, 0.3) is 5.82 Å². The second kappa shape index (κ2) is 9.36. The van der Waals surface area contributed by atoms with Gasteiger partial charge >= 0.3 is 0 Å². The molecule has 0 bridgehead atoms. The third-order valence-corrected chi connectivity index (χ3v) is 6.28. The van der Waals surface area contributed by atoms with E-state index in [1.807, 2.05) is 43.9 Å². The van der Waals surface area contributed by atoms with Crippen LogP contribution in [0.4, 0.5) is 22.0 Å². The number of carbonyl (C=O) groups is 1. The van der Waals surface area contributed by atoms with E-state index in [0.717, 1.165) is 23.1 Å². The molecule has 0 radical (unpaired) electrons. The molecule has 1 fully saturated rings. The number of hydrogen-bond acceptors (Lipinski definition) is 8. The predicted molar refractivity (Wildman–Crippen MR) is 131 cm³/mol. The maximum absolute atomic E-state index is 13.2. The van der Waals surface area contributed by atoms with E-state index in [1.165, 1.54) is 10.9 Å². The van der Waals surface area contributed by atoms with Crippen LogP contribution in [-0.2, 0) is 11.3 Å². The van der Waals surface area contributed by atoms with Crippen LogP contribution in [0.5, 0.6) is 0 Å². The van der Waals surface area contributed by atoms with Crippen LogP contribution >= 0.6 is 0 Å². The SMILES string of the molecule is CCC1(C(=O)NCc2ccc(-n3cc(F)cn3)nc2)CN(c2nc(C)cc(Nc3cc(C)[nH]n3)n2)C1. The predicted octanol–water partition coefficient (Wildman–Crippen LogP) is 2.81. The van der Waals surface area contributed by atoms with Gasteiger partial charge in [-0.25, -0.2) is 19.0 Å².